The predicted octanol–water partition coefficient (Wildman–Crippen LogP) is 1.61. The molecule has 3 heteroatoms. The van der Waals surface area contributed by atoms with E-state index in [4.69, 9.17) is 9.47 Å². The van der Waals surface area contributed by atoms with Gasteiger partial charge in [0.1, 0.15) is 0 Å². The lowest BCUT2D eigenvalue weighted by atomic mass is 9.82. The SMILES string of the molecule is COC(=O)C(C)(C)CC1CCOC1. The summed E-state index contributed by atoms with van der Waals surface area (Å²) in [5.74, 6) is 0.397. The first-order valence-electron chi connectivity index (χ1n) is 4.72. The highest BCUT2D eigenvalue weighted by molar-refractivity contribution is 5.75. The quantitative estimate of drug-likeness (QED) is 0.628. The van der Waals surface area contributed by atoms with Crippen molar-refractivity contribution < 1.29 is 14.3 Å². The molecule has 0 saturated carbocycles. The van der Waals surface area contributed by atoms with Crippen LogP contribution in [0.2, 0.25) is 0 Å². The van der Waals surface area contributed by atoms with Crippen molar-refractivity contribution in [2.24, 2.45) is 11.3 Å². The van der Waals surface area contributed by atoms with E-state index in [1.807, 2.05) is 13.8 Å². The summed E-state index contributed by atoms with van der Waals surface area (Å²) in [5, 5.41) is 0. The van der Waals surface area contributed by atoms with Crippen molar-refractivity contribution in [2.45, 2.75) is 26.7 Å². The van der Waals surface area contributed by atoms with Gasteiger partial charge in [-0.2, -0.15) is 0 Å². The molecule has 0 aliphatic carbocycles. The summed E-state index contributed by atoms with van der Waals surface area (Å²) in [6, 6.07) is 0. The number of rotatable bonds is 3. The maximum Gasteiger partial charge on any atom is 0.311 e. The van der Waals surface area contributed by atoms with Crippen LogP contribution >= 0.6 is 0 Å². The van der Waals surface area contributed by atoms with E-state index in [0.29, 0.717) is 5.92 Å². The zero-order chi connectivity index (χ0) is 9.90. The molecule has 1 rings (SSSR count). The van der Waals surface area contributed by atoms with Crippen molar-refractivity contribution in [3.63, 3.8) is 0 Å². The van der Waals surface area contributed by atoms with Crippen LogP contribution in [0.25, 0.3) is 0 Å². The second-order valence-corrected chi connectivity index (χ2v) is 4.31. The van der Waals surface area contributed by atoms with Gasteiger partial charge in [0.25, 0.3) is 0 Å². The monoisotopic (exact) mass is 186 g/mol. The zero-order valence-electron chi connectivity index (χ0n) is 8.63. The maximum absolute atomic E-state index is 11.4. The normalized spacial score (nSPS) is 23.2. The van der Waals surface area contributed by atoms with E-state index in [2.05, 4.69) is 0 Å². The van der Waals surface area contributed by atoms with E-state index in [1.165, 1.54) is 7.11 Å². The van der Waals surface area contributed by atoms with Crippen molar-refractivity contribution in [1.29, 1.82) is 0 Å². The van der Waals surface area contributed by atoms with E-state index in [0.717, 1.165) is 26.1 Å². The van der Waals surface area contributed by atoms with Gasteiger partial charge in [-0.15, -0.1) is 0 Å². The molecule has 1 heterocycles. The minimum absolute atomic E-state index is 0.126. The molecule has 0 aromatic heterocycles. The van der Waals surface area contributed by atoms with Gasteiger partial charge in [0, 0.05) is 13.2 Å². The highest BCUT2D eigenvalue weighted by atomic mass is 16.5. The van der Waals surface area contributed by atoms with Crippen LogP contribution in [0.1, 0.15) is 26.7 Å². The molecule has 0 amide bonds. The Balaban J connectivity index is 2.44. The number of carbonyl (C=O) groups excluding carboxylic acids is 1. The summed E-state index contributed by atoms with van der Waals surface area (Å²) >= 11 is 0. The van der Waals surface area contributed by atoms with Gasteiger partial charge in [0.05, 0.1) is 12.5 Å². The number of hydrogen-bond donors (Lipinski definition) is 0. The highest BCUT2D eigenvalue weighted by Crippen LogP contribution is 2.30. The van der Waals surface area contributed by atoms with Crippen LogP contribution in [0.4, 0.5) is 0 Å². The van der Waals surface area contributed by atoms with Gasteiger partial charge in [0.15, 0.2) is 0 Å². The molecular formula is C10H18O3. The summed E-state index contributed by atoms with van der Waals surface area (Å²) in [6.45, 7) is 5.48. The molecule has 0 spiro atoms. The third-order valence-electron chi connectivity index (χ3n) is 2.56. The van der Waals surface area contributed by atoms with Crippen molar-refractivity contribution in [2.75, 3.05) is 20.3 Å². The van der Waals surface area contributed by atoms with E-state index >= 15 is 0 Å². The van der Waals surface area contributed by atoms with Crippen molar-refractivity contribution in [3.05, 3.63) is 0 Å². The Morgan fingerprint density at radius 2 is 2.31 bits per heavy atom. The Hall–Kier alpha value is -0.570. The van der Waals surface area contributed by atoms with Gasteiger partial charge in [-0.05, 0) is 32.6 Å². The summed E-state index contributed by atoms with van der Waals surface area (Å²) in [4.78, 5) is 11.4. The van der Waals surface area contributed by atoms with Gasteiger partial charge >= 0.3 is 5.97 Å². The molecule has 1 saturated heterocycles. The van der Waals surface area contributed by atoms with Crippen LogP contribution < -0.4 is 0 Å². The molecule has 76 valence electrons. The van der Waals surface area contributed by atoms with Gasteiger partial charge in [0.2, 0.25) is 0 Å². The van der Waals surface area contributed by atoms with Gasteiger partial charge in [-0.25, -0.2) is 0 Å². The van der Waals surface area contributed by atoms with Crippen LogP contribution in [-0.4, -0.2) is 26.3 Å². The van der Waals surface area contributed by atoms with Crippen LogP contribution in [0.5, 0.6) is 0 Å². The van der Waals surface area contributed by atoms with Crippen molar-refractivity contribution in [3.8, 4) is 0 Å². The fraction of sp³-hybridized carbons (Fsp3) is 0.900. The number of methoxy groups -OCH3 is 1. The first-order valence-corrected chi connectivity index (χ1v) is 4.72. The molecule has 0 N–H and O–H groups in total. The Morgan fingerprint density at radius 1 is 1.62 bits per heavy atom. The van der Waals surface area contributed by atoms with E-state index in [9.17, 15) is 4.79 Å². The maximum atomic E-state index is 11.4. The Bertz CT molecular complexity index is 181. The lowest BCUT2D eigenvalue weighted by Crippen LogP contribution is -2.28. The standard InChI is InChI=1S/C10H18O3/c1-10(2,9(11)12-3)6-8-4-5-13-7-8/h8H,4-7H2,1-3H3. The first-order chi connectivity index (χ1) is 6.06. The van der Waals surface area contributed by atoms with E-state index in [1.54, 1.807) is 0 Å². The molecule has 0 radical (unpaired) electrons. The van der Waals surface area contributed by atoms with Crippen molar-refractivity contribution >= 4 is 5.97 Å². The number of carbonyl (C=O) groups is 1. The molecule has 0 aromatic carbocycles. The molecule has 3 nitrogen and oxygen atoms in total. The van der Waals surface area contributed by atoms with Gasteiger partial charge in [-0.3, -0.25) is 4.79 Å². The molecule has 0 aromatic rings. The Labute approximate surface area is 79.4 Å². The smallest absolute Gasteiger partial charge is 0.311 e. The van der Waals surface area contributed by atoms with Gasteiger partial charge in [-0.1, -0.05) is 0 Å². The molecule has 13 heavy (non-hydrogen) atoms. The number of hydrogen-bond acceptors (Lipinski definition) is 3. The summed E-state index contributed by atoms with van der Waals surface area (Å²) < 4.78 is 10.0. The third kappa shape index (κ3) is 2.69. The minimum atomic E-state index is -0.368. The number of ether oxygens (including phenoxy) is 2. The minimum Gasteiger partial charge on any atom is -0.469 e. The largest absolute Gasteiger partial charge is 0.469 e. The molecule has 1 unspecified atom stereocenters. The Kier molecular flexibility index (Phi) is 3.31. The van der Waals surface area contributed by atoms with Crippen LogP contribution in [0, 0.1) is 11.3 Å². The summed E-state index contributed by atoms with van der Waals surface area (Å²) in [5.41, 5.74) is -0.368. The zero-order valence-corrected chi connectivity index (χ0v) is 8.63. The van der Waals surface area contributed by atoms with Crippen LogP contribution in [0.15, 0.2) is 0 Å². The molecule has 1 aliphatic heterocycles. The van der Waals surface area contributed by atoms with Crippen LogP contribution in [0.3, 0.4) is 0 Å². The fourth-order valence-corrected chi connectivity index (χ4v) is 1.83. The van der Waals surface area contributed by atoms with E-state index in [-0.39, 0.29) is 11.4 Å². The predicted molar refractivity (Wildman–Crippen MR) is 49.3 cm³/mol. The number of esters is 1. The molecular weight excluding hydrogens is 168 g/mol. The van der Waals surface area contributed by atoms with Crippen molar-refractivity contribution in [1.82, 2.24) is 0 Å². The topological polar surface area (TPSA) is 35.5 Å². The van der Waals surface area contributed by atoms with E-state index < -0.39 is 0 Å². The van der Waals surface area contributed by atoms with Gasteiger partial charge < -0.3 is 9.47 Å². The fourth-order valence-electron chi connectivity index (χ4n) is 1.83. The second-order valence-electron chi connectivity index (χ2n) is 4.31. The Morgan fingerprint density at radius 3 is 2.77 bits per heavy atom. The third-order valence-corrected chi connectivity index (χ3v) is 2.56. The first kappa shape index (κ1) is 10.5. The average molecular weight is 186 g/mol. The summed E-state index contributed by atoms with van der Waals surface area (Å²) in [6.07, 6.45) is 1.93. The lowest BCUT2D eigenvalue weighted by molar-refractivity contribution is -0.151. The summed E-state index contributed by atoms with van der Waals surface area (Å²) in [7, 11) is 1.44. The highest BCUT2D eigenvalue weighted by Gasteiger charge is 2.33. The second kappa shape index (κ2) is 4.09. The molecule has 0 bridgehead atoms. The van der Waals surface area contributed by atoms with Crippen LogP contribution in [-0.2, 0) is 14.3 Å². The lowest BCUT2D eigenvalue weighted by Gasteiger charge is -2.23. The molecule has 1 atom stereocenters. The molecule has 1 aliphatic rings. The average Bonchev–Trinajstić information content (AvgIpc) is 2.54. The molecule has 1 fully saturated rings.